The maximum atomic E-state index is 14.0. The standard InChI is InChI=1S/C34H33Cl3FN5O3/c35-26-8-1-21(15-27(26)36)19-40-30(18-33(39)46)24-5-10-32-31(17-24)41-34(43(32)20-22-2-9-29(38)28(37)16-22)23-3-6-25(7-4-23)42(11-13-44)12-14-45/h1-10,15-17,30,40,44-45H,11-14,18-20H2,(H2,39,46). The van der Waals surface area contributed by atoms with Crippen molar-refractivity contribution in [2.24, 2.45) is 5.73 Å². The number of fused-ring (bicyclic) bond motifs is 1. The number of nitrogens with one attached hydrogen (secondary N) is 1. The van der Waals surface area contributed by atoms with E-state index >= 15 is 0 Å². The first-order valence-corrected chi connectivity index (χ1v) is 15.8. The number of halogens is 4. The number of rotatable bonds is 14. The summed E-state index contributed by atoms with van der Waals surface area (Å²) in [5.41, 5.74) is 11.3. The number of carbonyl (C=O) groups excluding carboxylic acids is 1. The molecule has 0 bridgehead atoms. The lowest BCUT2D eigenvalue weighted by Gasteiger charge is -2.23. The Morgan fingerprint density at radius 3 is 2.24 bits per heavy atom. The van der Waals surface area contributed by atoms with E-state index in [4.69, 9.17) is 45.5 Å². The number of aliphatic hydroxyl groups is 2. The molecule has 1 heterocycles. The first kappa shape index (κ1) is 33.7. The van der Waals surface area contributed by atoms with Gasteiger partial charge in [0.1, 0.15) is 11.6 Å². The highest BCUT2D eigenvalue weighted by Gasteiger charge is 2.19. The van der Waals surface area contributed by atoms with Crippen LogP contribution in [0.2, 0.25) is 15.1 Å². The average Bonchev–Trinajstić information content (AvgIpc) is 3.39. The van der Waals surface area contributed by atoms with Crippen LogP contribution in [0, 0.1) is 5.82 Å². The van der Waals surface area contributed by atoms with Crippen molar-refractivity contribution >= 4 is 57.4 Å². The van der Waals surface area contributed by atoms with Crippen molar-refractivity contribution in [1.82, 2.24) is 14.9 Å². The molecule has 0 radical (unpaired) electrons. The summed E-state index contributed by atoms with van der Waals surface area (Å²) in [4.78, 5) is 19.0. The van der Waals surface area contributed by atoms with Gasteiger partial charge in [-0.25, -0.2) is 9.37 Å². The molecule has 240 valence electrons. The summed E-state index contributed by atoms with van der Waals surface area (Å²) in [7, 11) is 0. The lowest BCUT2D eigenvalue weighted by molar-refractivity contribution is -0.118. The Balaban J connectivity index is 1.53. The van der Waals surface area contributed by atoms with Gasteiger partial charge in [0.2, 0.25) is 5.91 Å². The Labute approximate surface area is 281 Å². The van der Waals surface area contributed by atoms with Gasteiger partial charge >= 0.3 is 0 Å². The Morgan fingerprint density at radius 1 is 0.891 bits per heavy atom. The summed E-state index contributed by atoms with van der Waals surface area (Å²) in [5, 5.41) is 23.3. The van der Waals surface area contributed by atoms with Crippen LogP contribution in [0.5, 0.6) is 0 Å². The van der Waals surface area contributed by atoms with Crippen LogP contribution < -0.4 is 16.0 Å². The lowest BCUT2D eigenvalue weighted by atomic mass is 10.0. The topological polar surface area (TPSA) is 117 Å². The van der Waals surface area contributed by atoms with Gasteiger partial charge in [-0.2, -0.15) is 0 Å². The summed E-state index contributed by atoms with van der Waals surface area (Å²) in [5.74, 6) is -0.279. The fourth-order valence-electron chi connectivity index (χ4n) is 5.40. The predicted octanol–water partition coefficient (Wildman–Crippen LogP) is 6.35. The van der Waals surface area contributed by atoms with E-state index in [0.29, 0.717) is 47.6 Å². The van der Waals surface area contributed by atoms with Crippen molar-refractivity contribution < 1.29 is 19.4 Å². The number of primary amides is 1. The minimum Gasteiger partial charge on any atom is -0.395 e. The molecule has 1 atom stereocenters. The Morgan fingerprint density at radius 2 is 1.59 bits per heavy atom. The summed E-state index contributed by atoms with van der Waals surface area (Å²) in [6.45, 7) is 1.48. The third kappa shape index (κ3) is 7.98. The number of benzene rings is 4. The second-order valence-electron chi connectivity index (χ2n) is 10.9. The molecule has 4 aromatic carbocycles. The van der Waals surface area contributed by atoms with Crippen molar-refractivity contribution in [2.45, 2.75) is 25.6 Å². The SMILES string of the molecule is NC(=O)CC(NCc1ccc(Cl)c(Cl)c1)c1ccc2c(c1)nc(-c1ccc(N(CCO)CCO)cc1)n2Cc1ccc(F)c(Cl)c1. The van der Waals surface area contributed by atoms with E-state index in [1.54, 1.807) is 24.3 Å². The number of hydrogen-bond donors (Lipinski definition) is 4. The van der Waals surface area contributed by atoms with E-state index in [2.05, 4.69) is 5.32 Å². The highest BCUT2D eigenvalue weighted by Crippen LogP contribution is 2.31. The monoisotopic (exact) mass is 683 g/mol. The highest BCUT2D eigenvalue weighted by molar-refractivity contribution is 6.42. The largest absolute Gasteiger partial charge is 0.395 e. The number of aromatic nitrogens is 2. The van der Waals surface area contributed by atoms with Gasteiger partial charge in [0.25, 0.3) is 0 Å². The Kier molecular flexibility index (Phi) is 11.2. The summed E-state index contributed by atoms with van der Waals surface area (Å²) < 4.78 is 16.0. The zero-order valence-corrected chi connectivity index (χ0v) is 27.0. The van der Waals surface area contributed by atoms with Crippen LogP contribution in [0.25, 0.3) is 22.4 Å². The zero-order chi connectivity index (χ0) is 32.8. The maximum absolute atomic E-state index is 14.0. The van der Waals surface area contributed by atoms with Crippen LogP contribution in [-0.4, -0.2) is 52.0 Å². The molecule has 12 heteroatoms. The second kappa shape index (κ2) is 15.3. The molecule has 1 unspecified atom stereocenters. The van der Waals surface area contributed by atoms with Gasteiger partial charge in [-0.1, -0.05) is 53.0 Å². The van der Waals surface area contributed by atoms with E-state index in [-0.39, 0.29) is 24.7 Å². The van der Waals surface area contributed by atoms with E-state index in [0.717, 1.165) is 33.5 Å². The molecule has 0 aliphatic rings. The van der Waals surface area contributed by atoms with Crippen molar-refractivity contribution in [1.29, 1.82) is 0 Å². The fourth-order valence-corrected chi connectivity index (χ4v) is 5.92. The van der Waals surface area contributed by atoms with E-state index in [9.17, 15) is 19.4 Å². The second-order valence-corrected chi connectivity index (χ2v) is 12.1. The number of carbonyl (C=O) groups is 1. The summed E-state index contributed by atoms with van der Waals surface area (Å²) in [6.07, 6.45) is 0.0636. The molecule has 0 fully saturated rings. The summed E-state index contributed by atoms with van der Waals surface area (Å²) in [6, 6.07) is 23.1. The average molecular weight is 685 g/mol. The van der Waals surface area contributed by atoms with Crippen molar-refractivity contribution in [2.75, 3.05) is 31.2 Å². The molecule has 0 saturated carbocycles. The molecule has 5 aromatic rings. The van der Waals surface area contributed by atoms with Crippen LogP contribution in [0.4, 0.5) is 10.1 Å². The number of amides is 1. The zero-order valence-electron chi connectivity index (χ0n) is 24.8. The third-order valence-electron chi connectivity index (χ3n) is 7.67. The van der Waals surface area contributed by atoms with Crippen LogP contribution in [-0.2, 0) is 17.9 Å². The number of hydrogen-bond acceptors (Lipinski definition) is 6. The van der Waals surface area contributed by atoms with Crippen molar-refractivity contribution in [3.05, 3.63) is 116 Å². The van der Waals surface area contributed by atoms with Gasteiger partial charge < -0.3 is 30.7 Å². The molecular formula is C34H33Cl3FN5O3. The molecule has 46 heavy (non-hydrogen) atoms. The molecule has 5 rings (SSSR count). The molecule has 5 N–H and O–H groups in total. The van der Waals surface area contributed by atoms with Crippen molar-refractivity contribution in [3.8, 4) is 11.4 Å². The van der Waals surface area contributed by atoms with E-state index < -0.39 is 17.8 Å². The number of anilines is 1. The van der Waals surface area contributed by atoms with Crippen LogP contribution in [0.15, 0.2) is 78.9 Å². The minimum atomic E-state index is -0.495. The van der Waals surface area contributed by atoms with Gasteiger partial charge in [-0.15, -0.1) is 0 Å². The van der Waals surface area contributed by atoms with E-state index in [1.165, 1.54) is 6.07 Å². The minimum absolute atomic E-state index is 0.0327. The molecule has 1 amide bonds. The third-order valence-corrected chi connectivity index (χ3v) is 8.70. The molecule has 0 aliphatic carbocycles. The molecule has 1 aromatic heterocycles. The normalized spacial score (nSPS) is 12.0. The molecule has 8 nitrogen and oxygen atoms in total. The van der Waals surface area contributed by atoms with E-state index in [1.807, 2.05) is 58.0 Å². The first-order valence-electron chi connectivity index (χ1n) is 14.6. The first-order chi connectivity index (χ1) is 22.2. The van der Waals surface area contributed by atoms with Crippen LogP contribution in [0.3, 0.4) is 0 Å². The van der Waals surface area contributed by atoms with Crippen LogP contribution in [0.1, 0.15) is 29.2 Å². The van der Waals surface area contributed by atoms with Crippen LogP contribution >= 0.6 is 34.8 Å². The van der Waals surface area contributed by atoms with Gasteiger partial charge in [-0.3, -0.25) is 4.79 Å². The molecule has 0 aliphatic heterocycles. The van der Waals surface area contributed by atoms with Crippen molar-refractivity contribution in [3.63, 3.8) is 0 Å². The highest BCUT2D eigenvalue weighted by atomic mass is 35.5. The maximum Gasteiger partial charge on any atom is 0.219 e. The Hall–Kier alpha value is -3.70. The van der Waals surface area contributed by atoms with Gasteiger partial charge in [0, 0.05) is 49.9 Å². The number of nitrogens with zero attached hydrogens (tertiary/aromatic N) is 3. The number of nitrogens with two attached hydrogens (primary N) is 1. The lowest BCUT2D eigenvalue weighted by Crippen LogP contribution is -2.29. The number of aliphatic hydroxyl groups excluding tert-OH is 2. The van der Waals surface area contributed by atoms with Gasteiger partial charge in [0.05, 0.1) is 39.3 Å². The number of imidazole rings is 1. The summed E-state index contributed by atoms with van der Waals surface area (Å²) >= 11 is 18.4. The molecular weight excluding hydrogens is 652 g/mol. The fraction of sp³-hybridized carbons (Fsp3) is 0.235. The van der Waals surface area contributed by atoms with Gasteiger partial charge in [-0.05, 0) is 77.4 Å². The quantitative estimate of drug-likeness (QED) is 0.108. The Bertz CT molecular complexity index is 1830. The van der Waals surface area contributed by atoms with Gasteiger partial charge in [0.15, 0.2) is 0 Å². The molecule has 0 spiro atoms. The smallest absolute Gasteiger partial charge is 0.219 e. The molecule has 0 saturated heterocycles. The predicted molar refractivity (Wildman–Crippen MR) is 182 cm³/mol.